The molecular weight excluding hydrogens is 524 g/mol. The first-order chi connectivity index (χ1) is 18.4. The van der Waals surface area contributed by atoms with Crippen LogP contribution in [0.1, 0.15) is 78.2 Å². The molecule has 0 saturated heterocycles. The average Bonchev–Trinajstić information content (AvgIpc) is 3.67. The van der Waals surface area contributed by atoms with Crippen molar-refractivity contribution in [3.05, 3.63) is 67.5 Å². The first-order valence-electron chi connectivity index (χ1n) is 12.2. The Kier molecular flexibility index (Phi) is 13.0. The van der Waals surface area contributed by atoms with Gasteiger partial charge in [0, 0.05) is 17.0 Å². The van der Waals surface area contributed by atoms with E-state index in [-0.39, 0.29) is 24.0 Å². The first-order valence-corrected chi connectivity index (χ1v) is 14.0. The van der Waals surface area contributed by atoms with Crippen molar-refractivity contribution in [3.8, 4) is 11.9 Å². The number of aromatic nitrogens is 2. The van der Waals surface area contributed by atoms with Crippen molar-refractivity contribution in [2.75, 3.05) is 6.61 Å². The van der Waals surface area contributed by atoms with Crippen molar-refractivity contribution >= 4 is 40.7 Å². The van der Waals surface area contributed by atoms with Crippen molar-refractivity contribution < 1.29 is 23.9 Å². The van der Waals surface area contributed by atoms with Crippen LogP contribution < -0.4 is 10.5 Å². The molecule has 9 nitrogen and oxygen atoms in total. The number of nitrogens with two attached hydrogens (primary N) is 1. The van der Waals surface area contributed by atoms with E-state index in [0.717, 1.165) is 46.6 Å². The fourth-order valence-electron chi connectivity index (χ4n) is 3.59. The fraction of sp³-hybridized carbons (Fsp3) is 0.370. The van der Waals surface area contributed by atoms with Crippen LogP contribution in [0.25, 0.3) is 0 Å². The Balaban J connectivity index is 0.000000236. The number of aldehydes is 1. The molecule has 1 aliphatic rings. The number of H-pyrrole nitrogens is 1. The van der Waals surface area contributed by atoms with Gasteiger partial charge in [-0.25, -0.2) is 0 Å². The zero-order chi connectivity index (χ0) is 27.9. The summed E-state index contributed by atoms with van der Waals surface area (Å²) in [5, 5.41) is 20.5. The number of carbonyl (C=O) groups is 3. The lowest BCUT2D eigenvalue weighted by molar-refractivity contribution is -0.145. The van der Waals surface area contributed by atoms with E-state index in [4.69, 9.17) is 10.5 Å². The molecular formula is C27H32N4O5S2. The van der Waals surface area contributed by atoms with E-state index in [0.29, 0.717) is 24.5 Å². The molecule has 0 amide bonds. The number of Topliss-reactive ketones (excluding diaryl/α,β-unsaturated/α-hetero) is 1. The van der Waals surface area contributed by atoms with E-state index in [2.05, 4.69) is 27.9 Å². The summed E-state index contributed by atoms with van der Waals surface area (Å²) in [5.74, 6) is 0.0113. The third-order valence-electron chi connectivity index (χ3n) is 5.18. The number of thiophene rings is 2. The Hall–Kier alpha value is -3.75. The van der Waals surface area contributed by atoms with Gasteiger partial charge < -0.3 is 15.2 Å². The number of carbonyl (C=O) groups excluding carboxylic acids is 3. The second-order valence-corrected chi connectivity index (χ2v) is 9.97. The lowest BCUT2D eigenvalue weighted by atomic mass is 9.88. The summed E-state index contributed by atoms with van der Waals surface area (Å²) in [6.45, 7) is 6.08. The summed E-state index contributed by atoms with van der Waals surface area (Å²) >= 11 is 3.06. The number of esters is 1. The summed E-state index contributed by atoms with van der Waals surface area (Å²) in [5.41, 5.74) is 8.29. The molecule has 202 valence electrons. The number of fused-ring (bicyclic) bond motifs is 1. The summed E-state index contributed by atoms with van der Waals surface area (Å²) in [6.07, 6.45) is 3.91. The Bertz CT molecular complexity index is 1230. The number of hydrogen-bond donors (Lipinski definition) is 2. The lowest BCUT2D eigenvalue weighted by Gasteiger charge is -2.22. The molecule has 0 fully saturated rings. The number of nitrogens with one attached hydrogen (secondary N) is 1. The third kappa shape index (κ3) is 8.68. The zero-order valence-electron chi connectivity index (χ0n) is 21.7. The lowest BCUT2D eigenvalue weighted by Crippen LogP contribution is -2.20. The molecule has 0 radical (unpaired) electrons. The molecule has 3 N–H and O–H groups in total. The molecule has 11 heteroatoms. The highest BCUT2D eigenvalue weighted by molar-refractivity contribution is 7.11. The van der Waals surface area contributed by atoms with Gasteiger partial charge in [-0.1, -0.05) is 32.4 Å². The largest absolute Gasteiger partial charge is 0.466 e. The third-order valence-corrected chi connectivity index (χ3v) is 6.92. The maximum atomic E-state index is 10.8. The second-order valence-electron chi connectivity index (χ2n) is 8.01. The molecule has 1 aliphatic heterocycles. The van der Waals surface area contributed by atoms with Gasteiger partial charge in [0.2, 0.25) is 11.8 Å². The number of aryl methyl sites for hydroxylation is 1. The number of ketones is 1. The quantitative estimate of drug-likeness (QED) is 0.199. The molecule has 3 aromatic rings. The monoisotopic (exact) mass is 556 g/mol. The van der Waals surface area contributed by atoms with E-state index in [1.54, 1.807) is 24.3 Å². The van der Waals surface area contributed by atoms with E-state index < -0.39 is 5.97 Å². The molecule has 3 aromatic heterocycles. The highest BCUT2D eigenvalue weighted by Gasteiger charge is 2.35. The van der Waals surface area contributed by atoms with Gasteiger partial charge >= 0.3 is 5.97 Å². The average molecular weight is 557 g/mol. The van der Waals surface area contributed by atoms with Gasteiger partial charge in [-0.2, -0.15) is 5.26 Å². The number of allylic oxidation sites excluding steroid dienone is 1. The molecule has 4 rings (SSSR count). The van der Waals surface area contributed by atoms with Crippen LogP contribution in [0.5, 0.6) is 5.88 Å². The number of aromatic amines is 1. The van der Waals surface area contributed by atoms with Gasteiger partial charge in [-0.15, -0.1) is 27.8 Å². The standard InChI is InChI=1S/C14H14N4OS.C8H14O3.C5H4OS/c1-2-4-9-12-11(10-5-3-6-20-10)8(7-15)13(16)19-14(12)18-17-9;1-3-5-7(9)6-8(10)11-4-2;6-4-5-2-1-3-7-5/h3,5-6,11H,2,4,16H2,1H3,(H,17,18);3-6H2,1-2H3;1-4H. The molecule has 1 unspecified atom stereocenters. The van der Waals surface area contributed by atoms with Crippen LogP contribution >= 0.6 is 22.7 Å². The summed E-state index contributed by atoms with van der Waals surface area (Å²) in [6, 6.07) is 9.82. The fourth-order valence-corrected chi connectivity index (χ4v) is 4.96. The first kappa shape index (κ1) is 30.5. The van der Waals surface area contributed by atoms with Crippen LogP contribution in [0.4, 0.5) is 0 Å². The van der Waals surface area contributed by atoms with Crippen LogP contribution in [0.15, 0.2) is 46.5 Å². The SMILES string of the molecule is CCCC(=O)CC(=O)OCC.CCCc1[nH]nc2c1C(c1cccs1)C(C#N)=C(N)O2.O=Cc1cccs1. The van der Waals surface area contributed by atoms with Crippen LogP contribution in [0.2, 0.25) is 0 Å². The minimum Gasteiger partial charge on any atom is -0.466 e. The summed E-state index contributed by atoms with van der Waals surface area (Å²) < 4.78 is 10.1. The van der Waals surface area contributed by atoms with Gasteiger partial charge in [-0.3, -0.25) is 19.5 Å². The normalized spacial score (nSPS) is 13.5. The predicted octanol–water partition coefficient (Wildman–Crippen LogP) is 5.51. The van der Waals surface area contributed by atoms with Crippen LogP contribution in [0, 0.1) is 11.3 Å². The maximum Gasteiger partial charge on any atom is 0.313 e. The Morgan fingerprint density at radius 3 is 2.47 bits per heavy atom. The topological polar surface area (TPSA) is 148 Å². The molecule has 0 saturated carbocycles. The maximum absolute atomic E-state index is 10.8. The number of ether oxygens (including phenoxy) is 2. The van der Waals surface area contributed by atoms with Crippen molar-refractivity contribution in [1.29, 1.82) is 5.26 Å². The van der Waals surface area contributed by atoms with Crippen molar-refractivity contribution in [3.63, 3.8) is 0 Å². The van der Waals surface area contributed by atoms with Crippen molar-refractivity contribution in [2.45, 2.75) is 58.8 Å². The highest BCUT2D eigenvalue weighted by Crippen LogP contribution is 2.44. The van der Waals surface area contributed by atoms with E-state index in [1.165, 1.54) is 11.3 Å². The number of rotatable bonds is 9. The molecule has 0 spiro atoms. The molecule has 0 bridgehead atoms. The summed E-state index contributed by atoms with van der Waals surface area (Å²) in [4.78, 5) is 33.3. The van der Waals surface area contributed by atoms with Crippen LogP contribution in [-0.2, 0) is 20.7 Å². The molecule has 1 atom stereocenters. The Morgan fingerprint density at radius 2 is 1.95 bits per heavy atom. The van der Waals surface area contributed by atoms with E-state index in [9.17, 15) is 19.6 Å². The van der Waals surface area contributed by atoms with Gasteiger partial charge in [0.1, 0.15) is 23.8 Å². The molecule has 0 aliphatic carbocycles. The number of hydrogen-bond acceptors (Lipinski definition) is 10. The smallest absolute Gasteiger partial charge is 0.313 e. The van der Waals surface area contributed by atoms with Gasteiger partial charge in [0.05, 0.1) is 23.0 Å². The minimum atomic E-state index is -0.411. The number of nitrogens with zero attached hydrogens (tertiary/aromatic N) is 2. The Labute approximate surface area is 230 Å². The zero-order valence-corrected chi connectivity index (χ0v) is 23.3. The second kappa shape index (κ2) is 16.2. The van der Waals surface area contributed by atoms with E-state index in [1.807, 2.05) is 35.9 Å². The van der Waals surface area contributed by atoms with Crippen molar-refractivity contribution in [2.24, 2.45) is 5.73 Å². The Morgan fingerprint density at radius 1 is 1.21 bits per heavy atom. The highest BCUT2D eigenvalue weighted by atomic mass is 32.1. The number of nitriles is 1. The van der Waals surface area contributed by atoms with Crippen LogP contribution in [0.3, 0.4) is 0 Å². The molecule has 4 heterocycles. The minimum absolute atomic E-state index is 0.0362. The predicted molar refractivity (Wildman–Crippen MR) is 147 cm³/mol. The van der Waals surface area contributed by atoms with Gasteiger partial charge in [0.25, 0.3) is 0 Å². The van der Waals surface area contributed by atoms with E-state index >= 15 is 0 Å². The van der Waals surface area contributed by atoms with Crippen LogP contribution in [-0.4, -0.2) is 34.8 Å². The molecule has 0 aromatic carbocycles. The summed E-state index contributed by atoms with van der Waals surface area (Å²) in [7, 11) is 0. The van der Waals surface area contributed by atoms with Gasteiger partial charge in [0.15, 0.2) is 6.29 Å². The molecule has 38 heavy (non-hydrogen) atoms. The van der Waals surface area contributed by atoms with Gasteiger partial charge in [-0.05, 0) is 42.7 Å². The van der Waals surface area contributed by atoms with Crippen molar-refractivity contribution in [1.82, 2.24) is 10.2 Å².